The highest BCUT2D eigenvalue weighted by molar-refractivity contribution is 5.79. The van der Waals surface area contributed by atoms with Gasteiger partial charge in [0.15, 0.2) is 0 Å². The number of alkyl halides is 2. The number of carbonyl (C=O) groups is 1. The standard InChI is InChI=1S/C10H16F2N2O/c1-7-4-14(6-9(15)13-7)5-8-2-10(11,12)3-8/h7-8H,2-6H2,1H3,(H,13,15)/t7-/m0/s1. The Morgan fingerprint density at radius 2 is 2.20 bits per heavy atom. The molecule has 3 nitrogen and oxygen atoms in total. The van der Waals surface area contributed by atoms with Crippen molar-refractivity contribution in [1.82, 2.24) is 10.2 Å². The Morgan fingerprint density at radius 1 is 1.53 bits per heavy atom. The van der Waals surface area contributed by atoms with Gasteiger partial charge >= 0.3 is 0 Å². The third kappa shape index (κ3) is 2.65. The summed E-state index contributed by atoms with van der Waals surface area (Å²) in [5, 5.41) is 2.81. The number of nitrogens with zero attached hydrogens (tertiary/aromatic N) is 1. The fourth-order valence-corrected chi connectivity index (χ4v) is 2.44. The minimum Gasteiger partial charge on any atom is -0.351 e. The molecular formula is C10H16F2N2O. The third-order valence-corrected chi connectivity index (χ3v) is 3.00. The smallest absolute Gasteiger partial charge is 0.248 e. The predicted octanol–water partition coefficient (Wildman–Crippen LogP) is 0.852. The van der Waals surface area contributed by atoms with Crippen LogP contribution in [0.4, 0.5) is 8.78 Å². The highest BCUT2D eigenvalue weighted by Crippen LogP contribution is 2.42. The maximum absolute atomic E-state index is 12.6. The van der Waals surface area contributed by atoms with E-state index in [9.17, 15) is 13.6 Å². The van der Waals surface area contributed by atoms with Gasteiger partial charge in [0.05, 0.1) is 6.54 Å². The van der Waals surface area contributed by atoms with Crippen molar-refractivity contribution in [3.63, 3.8) is 0 Å². The summed E-state index contributed by atoms with van der Waals surface area (Å²) >= 11 is 0. The molecule has 1 saturated carbocycles. The molecule has 2 rings (SSSR count). The molecule has 1 heterocycles. The highest BCUT2D eigenvalue weighted by atomic mass is 19.3. The van der Waals surface area contributed by atoms with E-state index in [1.165, 1.54) is 0 Å². The van der Waals surface area contributed by atoms with Crippen LogP contribution in [0.5, 0.6) is 0 Å². The van der Waals surface area contributed by atoms with Crippen LogP contribution in [-0.4, -0.2) is 42.4 Å². The molecule has 0 bridgehead atoms. The van der Waals surface area contributed by atoms with E-state index in [1.807, 2.05) is 11.8 Å². The minimum atomic E-state index is -2.45. The molecule has 2 fully saturated rings. The second kappa shape index (κ2) is 3.70. The van der Waals surface area contributed by atoms with Crippen LogP contribution in [0.1, 0.15) is 19.8 Å². The van der Waals surface area contributed by atoms with Crippen molar-refractivity contribution in [2.75, 3.05) is 19.6 Å². The van der Waals surface area contributed by atoms with Gasteiger partial charge in [-0.15, -0.1) is 0 Å². The number of piperazine rings is 1. The van der Waals surface area contributed by atoms with Gasteiger partial charge in [-0.05, 0) is 12.8 Å². The van der Waals surface area contributed by atoms with Crippen LogP contribution in [-0.2, 0) is 4.79 Å². The van der Waals surface area contributed by atoms with Crippen molar-refractivity contribution >= 4 is 5.91 Å². The largest absolute Gasteiger partial charge is 0.351 e. The molecule has 1 saturated heterocycles. The van der Waals surface area contributed by atoms with Crippen LogP contribution in [0.3, 0.4) is 0 Å². The molecule has 15 heavy (non-hydrogen) atoms. The van der Waals surface area contributed by atoms with E-state index in [-0.39, 0.29) is 30.7 Å². The first-order valence-electron chi connectivity index (χ1n) is 5.34. The predicted molar refractivity (Wildman–Crippen MR) is 51.7 cm³/mol. The quantitative estimate of drug-likeness (QED) is 0.745. The van der Waals surface area contributed by atoms with E-state index in [0.717, 1.165) is 6.54 Å². The van der Waals surface area contributed by atoms with Crippen LogP contribution >= 0.6 is 0 Å². The van der Waals surface area contributed by atoms with Crippen LogP contribution in [0.25, 0.3) is 0 Å². The summed E-state index contributed by atoms with van der Waals surface area (Å²) in [7, 11) is 0. The van der Waals surface area contributed by atoms with Crippen molar-refractivity contribution in [2.24, 2.45) is 5.92 Å². The summed E-state index contributed by atoms with van der Waals surface area (Å²) < 4.78 is 25.2. The Kier molecular flexibility index (Phi) is 2.66. The second-order valence-corrected chi connectivity index (χ2v) is 4.79. The molecule has 0 spiro atoms. The van der Waals surface area contributed by atoms with E-state index in [2.05, 4.69) is 5.32 Å². The minimum absolute atomic E-state index is 0.000154. The summed E-state index contributed by atoms with van der Waals surface area (Å²) in [4.78, 5) is 13.2. The number of amides is 1. The van der Waals surface area contributed by atoms with Crippen molar-refractivity contribution in [3.8, 4) is 0 Å². The topological polar surface area (TPSA) is 32.3 Å². The van der Waals surface area contributed by atoms with Crippen molar-refractivity contribution in [1.29, 1.82) is 0 Å². The van der Waals surface area contributed by atoms with Crippen molar-refractivity contribution in [3.05, 3.63) is 0 Å². The van der Waals surface area contributed by atoms with Crippen molar-refractivity contribution < 1.29 is 13.6 Å². The summed E-state index contributed by atoms with van der Waals surface area (Å²) in [5.74, 6) is -2.38. The van der Waals surface area contributed by atoms with Crippen LogP contribution in [0.2, 0.25) is 0 Å². The normalized spacial score (nSPS) is 32.2. The lowest BCUT2D eigenvalue weighted by atomic mass is 9.81. The molecule has 0 radical (unpaired) electrons. The SMILES string of the molecule is C[C@H]1CN(CC2CC(F)(F)C2)CC(=O)N1. The average Bonchev–Trinajstić information content (AvgIpc) is 1.97. The van der Waals surface area contributed by atoms with E-state index in [4.69, 9.17) is 0 Å². The third-order valence-electron chi connectivity index (χ3n) is 3.00. The zero-order valence-electron chi connectivity index (χ0n) is 8.80. The van der Waals surface area contributed by atoms with Gasteiger partial charge in [-0.2, -0.15) is 0 Å². The molecule has 1 aliphatic carbocycles. The Labute approximate surface area is 87.8 Å². The van der Waals surface area contributed by atoms with Gasteiger partial charge in [0.25, 0.3) is 0 Å². The van der Waals surface area contributed by atoms with Gasteiger partial charge in [0.2, 0.25) is 11.8 Å². The maximum Gasteiger partial charge on any atom is 0.248 e. The van der Waals surface area contributed by atoms with E-state index in [0.29, 0.717) is 13.1 Å². The van der Waals surface area contributed by atoms with Crippen LogP contribution in [0.15, 0.2) is 0 Å². The van der Waals surface area contributed by atoms with Gasteiger partial charge in [-0.1, -0.05) is 0 Å². The number of hydrogen-bond donors (Lipinski definition) is 1. The Balaban J connectivity index is 1.78. The van der Waals surface area contributed by atoms with Gasteiger partial charge in [0.1, 0.15) is 0 Å². The molecule has 0 aromatic heterocycles. The molecule has 0 aromatic rings. The van der Waals surface area contributed by atoms with Gasteiger partial charge in [-0.25, -0.2) is 8.78 Å². The molecule has 0 aromatic carbocycles. The Bertz CT molecular complexity index is 262. The molecular weight excluding hydrogens is 202 g/mol. The summed E-state index contributed by atoms with van der Waals surface area (Å²) in [5.41, 5.74) is 0. The first kappa shape index (κ1) is 10.8. The number of hydrogen-bond acceptors (Lipinski definition) is 2. The maximum atomic E-state index is 12.6. The van der Waals surface area contributed by atoms with Crippen LogP contribution in [0, 0.1) is 5.92 Å². The van der Waals surface area contributed by atoms with E-state index < -0.39 is 5.92 Å². The molecule has 1 amide bonds. The molecule has 2 aliphatic rings. The highest BCUT2D eigenvalue weighted by Gasteiger charge is 2.45. The molecule has 1 atom stereocenters. The lowest BCUT2D eigenvalue weighted by molar-refractivity contribution is -0.130. The average molecular weight is 218 g/mol. The summed E-state index contributed by atoms with van der Waals surface area (Å²) in [6.45, 7) is 3.69. The second-order valence-electron chi connectivity index (χ2n) is 4.79. The summed E-state index contributed by atoms with van der Waals surface area (Å²) in [6.07, 6.45) is -0.0288. The monoisotopic (exact) mass is 218 g/mol. The zero-order chi connectivity index (χ0) is 11.1. The zero-order valence-corrected chi connectivity index (χ0v) is 8.80. The van der Waals surface area contributed by atoms with E-state index >= 15 is 0 Å². The molecule has 0 unspecified atom stereocenters. The van der Waals surface area contributed by atoms with Gasteiger partial charge in [0, 0.05) is 32.0 Å². The molecule has 86 valence electrons. The lowest BCUT2D eigenvalue weighted by Gasteiger charge is -2.40. The number of carbonyl (C=O) groups excluding carboxylic acids is 1. The summed E-state index contributed by atoms with van der Waals surface area (Å²) in [6, 6.07) is 0.131. The Morgan fingerprint density at radius 3 is 2.73 bits per heavy atom. The first-order chi connectivity index (χ1) is 6.94. The van der Waals surface area contributed by atoms with Crippen LogP contribution < -0.4 is 5.32 Å². The number of nitrogens with one attached hydrogen (secondary N) is 1. The van der Waals surface area contributed by atoms with E-state index in [1.54, 1.807) is 0 Å². The van der Waals surface area contributed by atoms with Gasteiger partial charge < -0.3 is 5.32 Å². The van der Waals surface area contributed by atoms with Gasteiger partial charge in [-0.3, -0.25) is 9.69 Å². The Hall–Kier alpha value is -0.710. The molecule has 1 aliphatic heterocycles. The van der Waals surface area contributed by atoms with Crippen molar-refractivity contribution in [2.45, 2.75) is 31.7 Å². The molecule has 1 N–H and O–H groups in total. The first-order valence-corrected chi connectivity index (χ1v) is 5.34. The number of rotatable bonds is 2. The fourth-order valence-electron chi connectivity index (χ4n) is 2.44. The molecule has 5 heteroatoms. The lowest BCUT2D eigenvalue weighted by Crippen LogP contribution is -2.55. The fraction of sp³-hybridized carbons (Fsp3) is 0.900. The number of halogens is 2.